The molecule has 8 nitrogen and oxygen atoms in total. The van der Waals surface area contributed by atoms with E-state index in [1.54, 1.807) is 7.11 Å². The quantitative estimate of drug-likeness (QED) is 0.175. The van der Waals surface area contributed by atoms with Gasteiger partial charge >= 0.3 is 0 Å². The highest BCUT2D eigenvalue weighted by atomic mass is 32.2. The molecule has 0 radical (unpaired) electrons. The van der Waals surface area contributed by atoms with Gasteiger partial charge in [0.2, 0.25) is 6.54 Å². The van der Waals surface area contributed by atoms with E-state index in [-0.39, 0.29) is 11.5 Å². The van der Waals surface area contributed by atoms with E-state index < -0.39 is 5.25 Å². The van der Waals surface area contributed by atoms with E-state index in [1.807, 2.05) is 90.4 Å². The van der Waals surface area contributed by atoms with Crippen LogP contribution in [0.4, 0.5) is 0 Å². The number of methoxy groups -OCH3 is 1. The number of nitrogens with zero attached hydrogens (tertiary/aromatic N) is 4. The third kappa shape index (κ3) is 5.55. The van der Waals surface area contributed by atoms with Gasteiger partial charge in [-0.15, -0.1) is 10.2 Å². The molecule has 174 valence electrons. The van der Waals surface area contributed by atoms with Crippen molar-refractivity contribution >= 4 is 11.8 Å². The monoisotopic (exact) mass is 476 g/mol. The number of aromatic nitrogens is 3. The fourth-order valence-corrected chi connectivity index (χ4v) is 4.73. The molecule has 0 aliphatic heterocycles. The smallest absolute Gasteiger partial charge is 0.220 e. The van der Waals surface area contributed by atoms with Crippen LogP contribution in [0.1, 0.15) is 22.2 Å². The molecule has 4 rings (SSSR count). The Balaban J connectivity index is 1.64. The molecule has 0 N–H and O–H groups in total. The Kier molecular flexibility index (Phi) is 7.44. The topological polar surface area (TPSA) is 92.3 Å². The lowest BCUT2D eigenvalue weighted by Crippen LogP contribution is -2.12. The molecule has 0 amide bonds. The molecular formula is C25H24N4O4S. The van der Waals surface area contributed by atoms with Gasteiger partial charge in [0.15, 0.2) is 5.16 Å². The number of aryl methyl sites for hydroxylation is 1. The third-order valence-corrected chi connectivity index (χ3v) is 6.35. The lowest BCUT2D eigenvalue weighted by atomic mass is 10.1. The molecule has 0 spiro atoms. The lowest BCUT2D eigenvalue weighted by molar-refractivity contribution is -0.479. The van der Waals surface area contributed by atoms with Crippen molar-refractivity contribution in [3.63, 3.8) is 0 Å². The highest BCUT2D eigenvalue weighted by molar-refractivity contribution is 7.99. The zero-order chi connectivity index (χ0) is 23.9. The summed E-state index contributed by atoms with van der Waals surface area (Å²) in [6.45, 7) is 1.93. The summed E-state index contributed by atoms with van der Waals surface area (Å²) in [6, 6.07) is 24.7. The number of thioether (sulfide) groups is 1. The van der Waals surface area contributed by atoms with Crippen LogP contribution in [0.25, 0.3) is 5.69 Å². The second kappa shape index (κ2) is 10.8. The molecule has 0 saturated carbocycles. The summed E-state index contributed by atoms with van der Waals surface area (Å²) in [7, 11) is 1.61. The number of benzene rings is 3. The van der Waals surface area contributed by atoms with E-state index in [0.717, 1.165) is 22.6 Å². The Morgan fingerprint density at radius 2 is 1.71 bits per heavy atom. The van der Waals surface area contributed by atoms with Crippen LogP contribution in [0.2, 0.25) is 0 Å². The van der Waals surface area contributed by atoms with Crippen molar-refractivity contribution in [2.45, 2.75) is 23.9 Å². The molecule has 4 aromatic rings. The van der Waals surface area contributed by atoms with Crippen LogP contribution in [0, 0.1) is 17.0 Å². The van der Waals surface area contributed by atoms with Gasteiger partial charge in [0.1, 0.15) is 29.2 Å². The number of hydrogen-bond acceptors (Lipinski definition) is 7. The SMILES string of the molecule is COc1ccc(-n2c(C)nnc2S[C@H](C[N+](=O)[O-])c2ccccc2OCc2ccccc2)cc1. The number of hydrogen-bond donors (Lipinski definition) is 0. The lowest BCUT2D eigenvalue weighted by Gasteiger charge is -2.18. The van der Waals surface area contributed by atoms with E-state index in [1.165, 1.54) is 11.8 Å². The van der Waals surface area contributed by atoms with Crippen molar-refractivity contribution in [1.29, 1.82) is 0 Å². The van der Waals surface area contributed by atoms with Gasteiger partial charge in [0, 0.05) is 16.2 Å². The van der Waals surface area contributed by atoms with Crippen LogP contribution < -0.4 is 9.47 Å². The van der Waals surface area contributed by atoms with E-state index in [2.05, 4.69) is 10.2 Å². The first-order chi connectivity index (χ1) is 16.5. The molecule has 9 heteroatoms. The summed E-state index contributed by atoms with van der Waals surface area (Å²) in [5.74, 6) is 2.03. The van der Waals surface area contributed by atoms with Crippen molar-refractivity contribution < 1.29 is 14.4 Å². The van der Waals surface area contributed by atoms with Crippen molar-refractivity contribution in [2.75, 3.05) is 13.7 Å². The van der Waals surface area contributed by atoms with Crippen molar-refractivity contribution in [2.24, 2.45) is 0 Å². The average molecular weight is 477 g/mol. The molecule has 0 aliphatic rings. The zero-order valence-electron chi connectivity index (χ0n) is 18.8. The minimum Gasteiger partial charge on any atom is -0.497 e. The maximum Gasteiger partial charge on any atom is 0.220 e. The van der Waals surface area contributed by atoms with E-state index >= 15 is 0 Å². The Labute approximate surface area is 201 Å². The average Bonchev–Trinajstić information content (AvgIpc) is 3.22. The molecule has 0 unspecified atom stereocenters. The summed E-state index contributed by atoms with van der Waals surface area (Å²) < 4.78 is 13.2. The first-order valence-corrected chi connectivity index (χ1v) is 11.5. The van der Waals surface area contributed by atoms with Gasteiger partial charge < -0.3 is 9.47 Å². The van der Waals surface area contributed by atoms with Crippen molar-refractivity contribution in [3.05, 3.63) is 106 Å². The van der Waals surface area contributed by atoms with Gasteiger partial charge in [-0.2, -0.15) is 0 Å². The molecular weight excluding hydrogens is 452 g/mol. The number of nitro groups is 1. The summed E-state index contributed by atoms with van der Waals surface area (Å²) in [5.41, 5.74) is 2.60. The first kappa shape index (κ1) is 23.3. The summed E-state index contributed by atoms with van der Waals surface area (Å²) in [5, 5.41) is 20.2. The number of rotatable bonds is 10. The second-order valence-corrected chi connectivity index (χ2v) is 8.67. The van der Waals surface area contributed by atoms with E-state index in [0.29, 0.717) is 23.3 Å². The Morgan fingerprint density at radius 1 is 1.00 bits per heavy atom. The van der Waals surface area contributed by atoms with Crippen molar-refractivity contribution in [1.82, 2.24) is 14.8 Å². The highest BCUT2D eigenvalue weighted by Crippen LogP contribution is 2.40. The van der Waals surface area contributed by atoms with Crippen LogP contribution in [-0.2, 0) is 6.61 Å². The predicted octanol–water partition coefficient (Wildman–Crippen LogP) is 5.27. The molecule has 1 heterocycles. The minimum atomic E-state index is -0.525. The fourth-order valence-electron chi connectivity index (χ4n) is 3.52. The molecule has 3 aromatic carbocycles. The fraction of sp³-hybridized carbons (Fsp3) is 0.200. The highest BCUT2D eigenvalue weighted by Gasteiger charge is 2.26. The van der Waals surface area contributed by atoms with Crippen LogP contribution in [-0.4, -0.2) is 33.3 Å². The van der Waals surface area contributed by atoms with E-state index in [4.69, 9.17) is 9.47 Å². The van der Waals surface area contributed by atoms with Gasteiger partial charge in [-0.3, -0.25) is 14.7 Å². The van der Waals surface area contributed by atoms with Crippen LogP contribution in [0.15, 0.2) is 84.0 Å². The van der Waals surface area contributed by atoms with E-state index in [9.17, 15) is 10.1 Å². The Bertz CT molecular complexity index is 1250. The maximum atomic E-state index is 11.6. The third-order valence-electron chi connectivity index (χ3n) is 5.19. The Hall–Kier alpha value is -3.85. The molecule has 0 bridgehead atoms. The molecule has 0 fully saturated rings. The summed E-state index contributed by atoms with van der Waals surface area (Å²) in [6.07, 6.45) is 0. The molecule has 0 saturated heterocycles. The normalized spacial score (nSPS) is 11.7. The standard InChI is InChI=1S/C25H24N4O4S/c1-18-26-27-25(29(18)20-12-14-21(32-2)15-13-20)34-24(16-28(30)31)22-10-6-7-11-23(22)33-17-19-8-4-3-5-9-19/h3-15,24H,16-17H2,1-2H3/t24-/m1/s1. The van der Waals surface area contributed by atoms with Crippen LogP contribution in [0.3, 0.4) is 0 Å². The van der Waals surface area contributed by atoms with Gasteiger partial charge in [-0.05, 0) is 42.8 Å². The minimum absolute atomic E-state index is 0.287. The van der Waals surface area contributed by atoms with Crippen LogP contribution >= 0.6 is 11.8 Å². The van der Waals surface area contributed by atoms with Crippen LogP contribution in [0.5, 0.6) is 11.5 Å². The summed E-state index contributed by atoms with van der Waals surface area (Å²) >= 11 is 1.29. The Morgan fingerprint density at radius 3 is 2.41 bits per heavy atom. The number of para-hydroxylation sites is 1. The number of ether oxygens (including phenoxy) is 2. The summed E-state index contributed by atoms with van der Waals surface area (Å²) in [4.78, 5) is 11.3. The maximum absolute atomic E-state index is 11.6. The molecule has 0 aliphatic carbocycles. The molecule has 34 heavy (non-hydrogen) atoms. The first-order valence-electron chi connectivity index (χ1n) is 10.7. The van der Waals surface area contributed by atoms with Gasteiger partial charge in [0.25, 0.3) is 0 Å². The van der Waals surface area contributed by atoms with Gasteiger partial charge in [0.05, 0.1) is 7.11 Å². The zero-order valence-corrected chi connectivity index (χ0v) is 19.6. The molecule has 1 aromatic heterocycles. The van der Waals surface area contributed by atoms with Gasteiger partial charge in [-0.1, -0.05) is 60.3 Å². The largest absolute Gasteiger partial charge is 0.497 e. The van der Waals surface area contributed by atoms with Crippen molar-refractivity contribution in [3.8, 4) is 17.2 Å². The second-order valence-electron chi connectivity index (χ2n) is 7.50. The predicted molar refractivity (Wildman–Crippen MR) is 130 cm³/mol. The van der Waals surface area contributed by atoms with Gasteiger partial charge in [-0.25, -0.2) is 0 Å². The molecule has 1 atom stereocenters.